The van der Waals surface area contributed by atoms with Crippen LogP contribution in [0.25, 0.3) is 10.9 Å². The van der Waals surface area contributed by atoms with Crippen LogP contribution in [0, 0.1) is 0 Å². The van der Waals surface area contributed by atoms with E-state index in [1.807, 2.05) is 69.3 Å². The SMILES string of the molecule is CC(C)(C)O[Si](C)(C)O[C@@H](CBr)c1ccc(OCc2ccccc2)c2[nH]c(=O)ccc12. The summed E-state index contributed by atoms with van der Waals surface area (Å²) < 4.78 is 18.8. The Bertz CT molecular complexity index is 1080. The Morgan fingerprint density at radius 1 is 1.03 bits per heavy atom. The van der Waals surface area contributed by atoms with Crippen LogP contribution in [0.5, 0.6) is 5.75 Å². The predicted molar refractivity (Wildman–Crippen MR) is 131 cm³/mol. The number of halogens is 1. The van der Waals surface area contributed by atoms with Gasteiger partial charge in [0.25, 0.3) is 0 Å². The lowest BCUT2D eigenvalue weighted by Crippen LogP contribution is -2.43. The number of alkyl halides is 1. The second kappa shape index (κ2) is 9.69. The van der Waals surface area contributed by atoms with Crippen molar-refractivity contribution in [2.24, 2.45) is 0 Å². The minimum Gasteiger partial charge on any atom is -0.487 e. The molecule has 0 radical (unpaired) electrons. The summed E-state index contributed by atoms with van der Waals surface area (Å²) in [4.78, 5) is 15.0. The van der Waals surface area contributed by atoms with E-state index in [-0.39, 0.29) is 17.3 Å². The molecule has 0 unspecified atom stereocenters. The van der Waals surface area contributed by atoms with Crippen LogP contribution in [-0.2, 0) is 15.5 Å². The summed E-state index contributed by atoms with van der Waals surface area (Å²) in [5.41, 5.74) is 2.26. The zero-order chi connectivity index (χ0) is 22.6. The molecular weight excluding hydrogens is 474 g/mol. The monoisotopic (exact) mass is 503 g/mol. The van der Waals surface area contributed by atoms with Crippen LogP contribution in [0.15, 0.2) is 59.4 Å². The molecule has 3 rings (SSSR count). The first-order valence-electron chi connectivity index (χ1n) is 10.3. The summed E-state index contributed by atoms with van der Waals surface area (Å²) in [5.74, 6) is 0.635. The summed E-state index contributed by atoms with van der Waals surface area (Å²) in [7, 11) is -2.41. The van der Waals surface area contributed by atoms with Crippen molar-refractivity contribution < 1.29 is 13.6 Å². The standard InChI is InChI=1S/C24H30BrNO4Si/c1-24(2,3)30-31(4,5)29-21(15-25)18-11-13-20(23-19(18)12-14-22(27)26-23)28-16-17-9-7-6-8-10-17/h6-14,21H,15-16H2,1-5H3,(H,26,27)/t21-/m0/s1. The number of nitrogens with one attached hydrogen (secondary N) is 1. The number of benzene rings is 2. The third-order valence-electron chi connectivity index (χ3n) is 4.59. The molecule has 2 aromatic carbocycles. The van der Waals surface area contributed by atoms with E-state index in [9.17, 15) is 4.79 Å². The van der Waals surface area contributed by atoms with Crippen molar-refractivity contribution in [2.45, 2.75) is 52.2 Å². The fourth-order valence-electron chi connectivity index (χ4n) is 3.67. The van der Waals surface area contributed by atoms with Gasteiger partial charge in [-0.05, 0) is 57.1 Å². The molecule has 0 fully saturated rings. The lowest BCUT2D eigenvalue weighted by molar-refractivity contribution is 0.0529. The van der Waals surface area contributed by atoms with E-state index in [0.29, 0.717) is 23.2 Å². The average molecular weight is 504 g/mol. The van der Waals surface area contributed by atoms with Crippen LogP contribution < -0.4 is 10.3 Å². The molecule has 1 aromatic heterocycles. The Morgan fingerprint density at radius 3 is 2.39 bits per heavy atom. The van der Waals surface area contributed by atoms with Crippen LogP contribution in [-0.4, -0.2) is 24.5 Å². The first-order valence-corrected chi connectivity index (χ1v) is 14.3. The maximum atomic E-state index is 12.1. The van der Waals surface area contributed by atoms with E-state index in [4.69, 9.17) is 13.6 Å². The van der Waals surface area contributed by atoms with Crippen LogP contribution in [0.3, 0.4) is 0 Å². The molecule has 0 bridgehead atoms. The van der Waals surface area contributed by atoms with Gasteiger partial charge in [-0.1, -0.05) is 52.3 Å². The predicted octanol–water partition coefficient (Wildman–Crippen LogP) is 6.08. The van der Waals surface area contributed by atoms with Gasteiger partial charge in [0.15, 0.2) is 0 Å². The number of fused-ring (bicyclic) bond motifs is 1. The normalized spacial score (nSPS) is 13.4. The molecule has 1 atom stereocenters. The lowest BCUT2D eigenvalue weighted by atomic mass is 10.0. The number of ether oxygens (including phenoxy) is 1. The first kappa shape index (κ1) is 23.7. The Balaban J connectivity index is 1.94. The van der Waals surface area contributed by atoms with Gasteiger partial charge in [0.2, 0.25) is 5.56 Å². The summed E-state index contributed by atoms with van der Waals surface area (Å²) in [6.45, 7) is 10.6. The largest absolute Gasteiger partial charge is 0.487 e. The average Bonchev–Trinajstić information content (AvgIpc) is 2.69. The third kappa shape index (κ3) is 6.52. The van der Waals surface area contributed by atoms with Gasteiger partial charge >= 0.3 is 8.56 Å². The van der Waals surface area contributed by atoms with Gasteiger partial charge in [0.05, 0.1) is 17.2 Å². The third-order valence-corrected chi connectivity index (χ3v) is 7.14. The van der Waals surface area contributed by atoms with Crippen molar-refractivity contribution in [1.29, 1.82) is 0 Å². The van der Waals surface area contributed by atoms with Crippen LogP contribution in [0.1, 0.15) is 38.0 Å². The molecule has 0 aliphatic carbocycles. The summed E-state index contributed by atoms with van der Waals surface area (Å²) in [6, 6.07) is 17.2. The number of aromatic amines is 1. The second-order valence-electron chi connectivity index (χ2n) is 8.91. The second-order valence-corrected chi connectivity index (χ2v) is 12.8. The highest BCUT2D eigenvalue weighted by atomic mass is 79.9. The smallest absolute Gasteiger partial charge is 0.332 e. The first-order chi connectivity index (χ1) is 14.6. The Labute approximate surface area is 193 Å². The minimum atomic E-state index is -2.41. The fraction of sp³-hybridized carbons (Fsp3) is 0.375. The molecule has 5 nitrogen and oxygen atoms in total. The molecule has 0 aliphatic heterocycles. The fourth-order valence-corrected chi connectivity index (χ4v) is 6.81. The zero-order valence-corrected chi connectivity index (χ0v) is 21.3. The molecule has 31 heavy (non-hydrogen) atoms. The number of H-pyrrole nitrogens is 1. The zero-order valence-electron chi connectivity index (χ0n) is 18.7. The van der Waals surface area contributed by atoms with E-state index in [1.54, 1.807) is 0 Å². The number of aromatic nitrogens is 1. The molecule has 0 spiro atoms. The van der Waals surface area contributed by atoms with E-state index < -0.39 is 8.56 Å². The maximum Gasteiger partial charge on any atom is 0.332 e. The molecule has 0 saturated carbocycles. The number of hydrogen-bond acceptors (Lipinski definition) is 4. The van der Waals surface area contributed by atoms with Crippen molar-refractivity contribution in [2.75, 3.05) is 5.33 Å². The van der Waals surface area contributed by atoms with Crippen LogP contribution in [0.2, 0.25) is 13.1 Å². The molecule has 7 heteroatoms. The van der Waals surface area contributed by atoms with Crippen LogP contribution >= 0.6 is 15.9 Å². The van der Waals surface area contributed by atoms with Gasteiger partial charge in [-0.2, -0.15) is 0 Å². The summed E-state index contributed by atoms with van der Waals surface area (Å²) in [6.07, 6.45) is -0.222. The summed E-state index contributed by atoms with van der Waals surface area (Å²) >= 11 is 3.60. The highest BCUT2D eigenvalue weighted by Crippen LogP contribution is 2.35. The molecule has 1 heterocycles. The number of pyridine rings is 1. The maximum absolute atomic E-state index is 12.1. The van der Waals surface area contributed by atoms with E-state index in [0.717, 1.165) is 16.5 Å². The van der Waals surface area contributed by atoms with Crippen molar-refractivity contribution in [3.8, 4) is 5.75 Å². The van der Waals surface area contributed by atoms with Crippen molar-refractivity contribution in [3.05, 3.63) is 76.1 Å². The Morgan fingerprint density at radius 2 is 1.74 bits per heavy atom. The molecule has 0 saturated heterocycles. The van der Waals surface area contributed by atoms with E-state index >= 15 is 0 Å². The quantitative estimate of drug-likeness (QED) is 0.299. The van der Waals surface area contributed by atoms with Gasteiger partial charge in [-0.25, -0.2) is 0 Å². The van der Waals surface area contributed by atoms with Crippen molar-refractivity contribution in [3.63, 3.8) is 0 Å². The van der Waals surface area contributed by atoms with E-state index in [2.05, 4.69) is 34.0 Å². The van der Waals surface area contributed by atoms with Gasteiger partial charge in [-0.3, -0.25) is 4.79 Å². The highest BCUT2D eigenvalue weighted by Gasteiger charge is 2.34. The molecule has 0 amide bonds. The van der Waals surface area contributed by atoms with Gasteiger partial charge in [0, 0.05) is 16.8 Å². The molecule has 166 valence electrons. The van der Waals surface area contributed by atoms with Crippen molar-refractivity contribution in [1.82, 2.24) is 4.98 Å². The van der Waals surface area contributed by atoms with Gasteiger partial charge in [0.1, 0.15) is 12.4 Å². The molecule has 0 aliphatic rings. The number of hydrogen-bond donors (Lipinski definition) is 1. The topological polar surface area (TPSA) is 60.6 Å². The van der Waals surface area contributed by atoms with Gasteiger partial charge in [-0.15, -0.1) is 0 Å². The molecular formula is C24H30BrNO4Si. The Hall–Kier alpha value is -1.93. The minimum absolute atomic E-state index is 0.170. The van der Waals surface area contributed by atoms with Crippen molar-refractivity contribution >= 4 is 35.4 Å². The molecule has 1 N–H and O–H groups in total. The highest BCUT2D eigenvalue weighted by molar-refractivity contribution is 9.09. The Kier molecular flexibility index (Phi) is 7.42. The lowest BCUT2D eigenvalue weighted by Gasteiger charge is -2.34. The van der Waals surface area contributed by atoms with Gasteiger partial charge < -0.3 is 18.6 Å². The molecule has 3 aromatic rings. The van der Waals surface area contributed by atoms with Crippen LogP contribution in [0.4, 0.5) is 0 Å². The summed E-state index contributed by atoms with van der Waals surface area (Å²) in [5, 5.41) is 1.50. The number of rotatable bonds is 8. The van der Waals surface area contributed by atoms with E-state index in [1.165, 1.54) is 6.07 Å².